The summed E-state index contributed by atoms with van der Waals surface area (Å²) in [6.07, 6.45) is 1.37. The number of anilines is 1. The molecule has 1 aliphatic heterocycles. The predicted molar refractivity (Wildman–Crippen MR) is 74.2 cm³/mol. The maximum absolute atomic E-state index is 11.5. The molecule has 1 spiro atoms. The summed E-state index contributed by atoms with van der Waals surface area (Å²) < 4.78 is 11.2. The Morgan fingerprint density at radius 2 is 1.86 bits per heavy atom. The lowest BCUT2D eigenvalue weighted by Crippen LogP contribution is -2.36. The van der Waals surface area contributed by atoms with Crippen LogP contribution in [0.2, 0.25) is 0 Å². The second kappa shape index (κ2) is 5.34. The van der Waals surface area contributed by atoms with Gasteiger partial charge in [-0.2, -0.15) is 0 Å². The molecule has 1 saturated heterocycles. The topological polar surface area (TPSA) is 122 Å². The van der Waals surface area contributed by atoms with Gasteiger partial charge in [0.1, 0.15) is 5.00 Å². The number of hydrogen-bond donors (Lipinski definition) is 3. The van der Waals surface area contributed by atoms with Crippen molar-refractivity contribution in [3.05, 3.63) is 16.0 Å². The lowest BCUT2D eigenvalue weighted by molar-refractivity contribution is -0.163. The number of carbonyl (C=O) groups excluding carboxylic acids is 1. The molecular weight excluding hydrogens is 314 g/mol. The van der Waals surface area contributed by atoms with E-state index in [2.05, 4.69) is 5.32 Å². The van der Waals surface area contributed by atoms with Gasteiger partial charge in [0.2, 0.25) is 0 Å². The van der Waals surface area contributed by atoms with Gasteiger partial charge in [0, 0.05) is 17.7 Å². The second-order valence-corrected chi connectivity index (χ2v) is 6.16. The third kappa shape index (κ3) is 2.47. The quantitative estimate of drug-likeness (QED) is 0.683. The molecule has 2 aliphatic rings. The summed E-state index contributed by atoms with van der Waals surface area (Å²) in [6, 6.07) is 0. The van der Waals surface area contributed by atoms with Gasteiger partial charge in [-0.15, -0.1) is 11.3 Å². The molecule has 1 fully saturated rings. The van der Waals surface area contributed by atoms with Crippen LogP contribution in [0.25, 0.3) is 0 Å². The maximum atomic E-state index is 11.5. The highest BCUT2D eigenvalue weighted by Gasteiger charge is 2.42. The number of rotatable bonds is 2. The summed E-state index contributed by atoms with van der Waals surface area (Å²) in [4.78, 5) is 34.1. The van der Waals surface area contributed by atoms with E-state index in [1.807, 2.05) is 0 Å². The van der Waals surface area contributed by atoms with Crippen LogP contribution in [0.3, 0.4) is 0 Å². The molecular formula is C13H13NO7S. The first kappa shape index (κ1) is 14.9. The van der Waals surface area contributed by atoms with Gasteiger partial charge in [-0.1, -0.05) is 0 Å². The molecule has 1 aliphatic carbocycles. The number of aromatic carboxylic acids is 1. The van der Waals surface area contributed by atoms with Gasteiger partial charge in [-0.05, 0) is 12.0 Å². The van der Waals surface area contributed by atoms with Crippen molar-refractivity contribution in [2.24, 2.45) is 0 Å². The van der Waals surface area contributed by atoms with Crippen molar-refractivity contribution in [3.63, 3.8) is 0 Å². The molecule has 1 amide bonds. The Bertz CT molecular complexity index is 660. The fourth-order valence-electron chi connectivity index (χ4n) is 2.78. The van der Waals surface area contributed by atoms with Gasteiger partial charge in [0.25, 0.3) is 0 Å². The molecule has 0 aromatic carbocycles. The average molecular weight is 327 g/mol. The number of ether oxygens (including phenoxy) is 2. The summed E-state index contributed by atoms with van der Waals surface area (Å²) in [7, 11) is 0. The number of aliphatic carboxylic acids is 1. The van der Waals surface area contributed by atoms with Crippen molar-refractivity contribution < 1.29 is 34.1 Å². The van der Waals surface area contributed by atoms with Crippen molar-refractivity contribution in [2.45, 2.75) is 25.0 Å². The van der Waals surface area contributed by atoms with Gasteiger partial charge in [-0.3, -0.25) is 4.79 Å². The van der Waals surface area contributed by atoms with Gasteiger partial charge >= 0.3 is 17.8 Å². The van der Waals surface area contributed by atoms with E-state index in [0.717, 1.165) is 16.2 Å². The van der Waals surface area contributed by atoms with Gasteiger partial charge < -0.3 is 25.0 Å². The zero-order chi connectivity index (χ0) is 15.9. The molecule has 0 unspecified atom stereocenters. The Morgan fingerprint density at radius 1 is 1.18 bits per heavy atom. The van der Waals surface area contributed by atoms with E-state index in [4.69, 9.17) is 14.6 Å². The molecule has 1 aromatic heterocycles. The summed E-state index contributed by atoms with van der Waals surface area (Å²) in [5.41, 5.74) is 0.574. The van der Waals surface area contributed by atoms with E-state index in [0.29, 0.717) is 38.0 Å². The number of thiophene rings is 1. The van der Waals surface area contributed by atoms with Crippen molar-refractivity contribution in [1.29, 1.82) is 0 Å². The fraction of sp³-hybridized carbons (Fsp3) is 0.462. The minimum atomic E-state index is -1.67. The summed E-state index contributed by atoms with van der Waals surface area (Å²) >= 11 is 1.06. The minimum Gasteiger partial charge on any atom is -0.478 e. The van der Waals surface area contributed by atoms with Crippen LogP contribution in [0.1, 0.15) is 27.2 Å². The average Bonchev–Trinajstić information content (AvgIpc) is 3.03. The van der Waals surface area contributed by atoms with E-state index >= 15 is 0 Å². The molecule has 0 saturated carbocycles. The Morgan fingerprint density at radius 3 is 2.45 bits per heavy atom. The van der Waals surface area contributed by atoms with Crippen LogP contribution in [-0.2, 0) is 31.9 Å². The first-order valence-electron chi connectivity index (χ1n) is 6.62. The molecule has 22 heavy (non-hydrogen) atoms. The van der Waals surface area contributed by atoms with E-state index in [1.165, 1.54) is 0 Å². The third-order valence-electron chi connectivity index (χ3n) is 3.73. The summed E-state index contributed by atoms with van der Waals surface area (Å²) in [6.45, 7) is 0.990. The highest BCUT2D eigenvalue weighted by atomic mass is 32.1. The monoisotopic (exact) mass is 327 g/mol. The van der Waals surface area contributed by atoms with E-state index < -0.39 is 23.6 Å². The molecule has 0 bridgehead atoms. The van der Waals surface area contributed by atoms with E-state index in [1.54, 1.807) is 0 Å². The first-order chi connectivity index (χ1) is 10.4. The molecule has 0 atom stereocenters. The summed E-state index contributed by atoms with van der Waals surface area (Å²) in [5.74, 6) is -4.84. The standard InChI is InChI=1S/C13H13NO7S/c15-9(12(18)19)14-10-8(11(16)17)6-1-2-13(5-7(6)22-10)20-3-4-21-13/h1-5H2,(H,14,15)(H,16,17)(H,18,19). The lowest BCUT2D eigenvalue weighted by atomic mass is 9.91. The smallest absolute Gasteiger partial charge is 0.394 e. The number of carboxylic acids is 2. The number of carboxylic acid groups (broad SMARTS) is 2. The second-order valence-electron chi connectivity index (χ2n) is 5.06. The highest BCUT2D eigenvalue weighted by molar-refractivity contribution is 7.17. The Labute approximate surface area is 128 Å². The number of fused-ring (bicyclic) bond motifs is 1. The van der Waals surface area contributed by atoms with Crippen LogP contribution in [-0.4, -0.2) is 47.1 Å². The number of nitrogens with one attached hydrogen (secondary N) is 1. The summed E-state index contributed by atoms with van der Waals surface area (Å²) in [5, 5.41) is 20.2. The Kier molecular flexibility index (Phi) is 3.63. The van der Waals surface area contributed by atoms with Crippen molar-refractivity contribution in [3.8, 4) is 0 Å². The third-order valence-corrected chi connectivity index (χ3v) is 4.87. The number of hydrogen-bond acceptors (Lipinski definition) is 6. The largest absolute Gasteiger partial charge is 0.478 e. The van der Waals surface area contributed by atoms with Crippen LogP contribution in [0.15, 0.2) is 0 Å². The van der Waals surface area contributed by atoms with Crippen molar-refractivity contribution in [1.82, 2.24) is 0 Å². The first-order valence-corrected chi connectivity index (χ1v) is 7.43. The van der Waals surface area contributed by atoms with Crippen LogP contribution >= 0.6 is 11.3 Å². The van der Waals surface area contributed by atoms with E-state index in [9.17, 15) is 19.5 Å². The van der Waals surface area contributed by atoms with Crippen LogP contribution in [0.5, 0.6) is 0 Å². The van der Waals surface area contributed by atoms with Crippen LogP contribution in [0, 0.1) is 0 Å². The molecule has 0 radical (unpaired) electrons. The number of carbonyl (C=O) groups is 3. The minimum absolute atomic E-state index is 0.0394. The molecule has 3 N–H and O–H groups in total. The van der Waals surface area contributed by atoms with Crippen molar-refractivity contribution in [2.75, 3.05) is 18.5 Å². The van der Waals surface area contributed by atoms with Crippen LogP contribution < -0.4 is 5.32 Å². The van der Waals surface area contributed by atoms with Gasteiger partial charge in [0.15, 0.2) is 5.79 Å². The lowest BCUT2D eigenvalue weighted by Gasteiger charge is -2.31. The Hall–Kier alpha value is -1.97. The molecule has 2 heterocycles. The Balaban J connectivity index is 1.95. The molecule has 1 aromatic rings. The maximum Gasteiger partial charge on any atom is 0.394 e. The zero-order valence-corrected chi connectivity index (χ0v) is 12.2. The predicted octanol–water partition coefficient (Wildman–Crippen LogP) is 0.701. The molecule has 118 valence electrons. The normalized spacial score (nSPS) is 18.9. The van der Waals surface area contributed by atoms with Crippen LogP contribution in [0.4, 0.5) is 5.00 Å². The molecule has 3 rings (SSSR count). The molecule has 8 nitrogen and oxygen atoms in total. The molecule has 9 heteroatoms. The number of amides is 1. The van der Waals surface area contributed by atoms with E-state index in [-0.39, 0.29) is 10.6 Å². The highest BCUT2D eigenvalue weighted by Crippen LogP contribution is 2.43. The van der Waals surface area contributed by atoms with Gasteiger partial charge in [0.05, 0.1) is 18.8 Å². The van der Waals surface area contributed by atoms with Crippen molar-refractivity contribution >= 4 is 34.2 Å². The SMILES string of the molecule is O=C(O)C(=O)Nc1sc2c(c1C(=O)O)CCC1(C2)OCCO1. The zero-order valence-electron chi connectivity index (χ0n) is 11.4. The fourth-order valence-corrected chi connectivity index (χ4v) is 4.10. The van der Waals surface area contributed by atoms with Gasteiger partial charge in [-0.25, -0.2) is 9.59 Å².